The average molecular weight is 306 g/mol. The fourth-order valence-electron chi connectivity index (χ4n) is 2.17. The summed E-state index contributed by atoms with van der Waals surface area (Å²) in [4.78, 5) is 22.7. The number of amides is 1. The lowest BCUT2D eigenvalue weighted by atomic mass is 9.79. The van der Waals surface area contributed by atoms with Crippen molar-refractivity contribution in [3.05, 3.63) is 24.2 Å². The number of hydrogen-bond donors (Lipinski definition) is 2. The topological polar surface area (TPSA) is 82.8 Å². The van der Waals surface area contributed by atoms with Crippen molar-refractivity contribution < 1.29 is 32.3 Å². The molecule has 0 aliphatic carbocycles. The van der Waals surface area contributed by atoms with Crippen molar-refractivity contribution >= 4 is 11.9 Å². The van der Waals surface area contributed by atoms with E-state index in [0.717, 1.165) is 26.1 Å². The summed E-state index contributed by atoms with van der Waals surface area (Å²) in [5.74, 6) is -2.27. The maximum absolute atomic E-state index is 11.9. The zero-order chi connectivity index (χ0) is 15.7. The van der Waals surface area contributed by atoms with Crippen molar-refractivity contribution in [2.24, 2.45) is 0 Å². The van der Waals surface area contributed by atoms with E-state index in [1.165, 1.54) is 0 Å². The van der Waals surface area contributed by atoms with Gasteiger partial charge in [-0.3, -0.25) is 4.79 Å². The van der Waals surface area contributed by atoms with E-state index in [9.17, 15) is 18.0 Å². The molecule has 1 spiro atoms. The smallest absolute Gasteiger partial charge is 0.475 e. The number of carboxylic acids is 1. The number of nitrogens with zero attached hydrogens (tertiary/aromatic N) is 1. The number of furan rings is 1. The van der Waals surface area contributed by atoms with E-state index in [1.54, 1.807) is 18.4 Å². The van der Waals surface area contributed by atoms with Crippen LogP contribution in [0.3, 0.4) is 0 Å². The lowest BCUT2D eigenvalue weighted by molar-refractivity contribution is -0.192. The van der Waals surface area contributed by atoms with Gasteiger partial charge in [-0.25, -0.2) is 4.79 Å². The summed E-state index contributed by atoms with van der Waals surface area (Å²) in [5, 5.41) is 10.3. The molecule has 0 unspecified atom stereocenters. The van der Waals surface area contributed by atoms with Crippen LogP contribution < -0.4 is 5.32 Å². The van der Waals surface area contributed by atoms with E-state index in [4.69, 9.17) is 14.3 Å². The summed E-state index contributed by atoms with van der Waals surface area (Å²) in [7, 11) is 0. The minimum atomic E-state index is -5.08. The largest absolute Gasteiger partial charge is 0.490 e. The Morgan fingerprint density at radius 2 is 2.00 bits per heavy atom. The van der Waals surface area contributed by atoms with Gasteiger partial charge in [0.2, 0.25) is 0 Å². The van der Waals surface area contributed by atoms with Gasteiger partial charge in [-0.1, -0.05) is 0 Å². The Hall–Kier alpha value is -2.03. The van der Waals surface area contributed by atoms with Gasteiger partial charge in [0.05, 0.1) is 11.8 Å². The van der Waals surface area contributed by atoms with E-state index in [2.05, 4.69) is 5.32 Å². The molecule has 2 aliphatic rings. The second kappa shape index (κ2) is 5.40. The molecule has 0 aromatic carbocycles. The van der Waals surface area contributed by atoms with Crippen LogP contribution >= 0.6 is 0 Å². The maximum atomic E-state index is 11.9. The van der Waals surface area contributed by atoms with Gasteiger partial charge >= 0.3 is 12.1 Å². The van der Waals surface area contributed by atoms with E-state index in [0.29, 0.717) is 5.76 Å². The van der Waals surface area contributed by atoms with Crippen molar-refractivity contribution in [2.75, 3.05) is 19.6 Å². The number of aliphatic carboxylic acids is 1. The molecule has 0 saturated carbocycles. The monoisotopic (exact) mass is 306 g/mol. The summed E-state index contributed by atoms with van der Waals surface area (Å²) in [5.41, 5.74) is 0.115. The third-order valence-corrected chi connectivity index (χ3v) is 3.50. The number of likely N-dealkylation sites (tertiary alicyclic amines) is 1. The highest BCUT2D eigenvalue weighted by molar-refractivity contribution is 5.92. The van der Waals surface area contributed by atoms with E-state index >= 15 is 0 Å². The maximum Gasteiger partial charge on any atom is 0.490 e. The van der Waals surface area contributed by atoms with Gasteiger partial charge in [-0.15, -0.1) is 0 Å². The summed E-state index contributed by atoms with van der Waals surface area (Å²) < 4.78 is 36.8. The number of halogens is 3. The van der Waals surface area contributed by atoms with Crippen molar-refractivity contribution in [1.82, 2.24) is 10.2 Å². The van der Waals surface area contributed by atoms with E-state index in [1.807, 2.05) is 4.90 Å². The highest BCUT2D eigenvalue weighted by atomic mass is 19.4. The number of rotatable bonds is 1. The molecule has 3 rings (SSSR count). The van der Waals surface area contributed by atoms with Crippen LogP contribution in [-0.4, -0.2) is 53.2 Å². The standard InChI is InChI=1S/C10H12N2O2.C2HF3O2/c13-9(8-2-1-5-14-8)12-4-3-10(12)6-11-7-10;3-2(4,5)1(6)7/h1-2,5,11H,3-4,6-7H2;(H,6,7). The number of carboxylic acid groups (broad SMARTS) is 1. The number of nitrogens with one attached hydrogen (secondary N) is 1. The average Bonchev–Trinajstić information content (AvgIpc) is 2.77. The Kier molecular flexibility index (Phi) is 3.95. The lowest BCUT2D eigenvalue weighted by Crippen LogP contribution is -2.76. The van der Waals surface area contributed by atoms with Gasteiger partial charge in [0, 0.05) is 19.6 Å². The van der Waals surface area contributed by atoms with Crippen molar-refractivity contribution in [3.8, 4) is 0 Å². The minimum Gasteiger partial charge on any atom is -0.475 e. The second-order valence-electron chi connectivity index (χ2n) is 4.81. The minimum absolute atomic E-state index is 0.0303. The van der Waals surface area contributed by atoms with Crippen LogP contribution in [0, 0.1) is 0 Å². The van der Waals surface area contributed by atoms with Gasteiger partial charge in [0.25, 0.3) is 5.91 Å². The Morgan fingerprint density at radius 1 is 1.38 bits per heavy atom. The quantitative estimate of drug-likeness (QED) is 0.812. The van der Waals surface area contributed by atoms with Crippen LogP contribution in [0.5, 0.6) is 0 Å². The Bertz CT molecular complexity index is 518. The molecule has 6 nitrogen and oxygen atoms in total. The third kappa shape index (κ3) is 3.02. The third-order valence-electron chi connectivity index (χ3n) is 3.50. The Balaban J connectivity index is 0.000000199. The molecule has 1 aromatic rings. The SMILES string of the molecule is O=C(O)C(F)(F)F.O=C(c1ccco1)N1CCC12CNC2. The first-order valence-electron chi connectivity index (χ1n) is 6.13. The number of carbonyl (C=O) groups excluding carboxylic acids is 1. The molecule has 3 heterocycles. The fourth-order valence-corrected chi connectivity index (χ4v) is 2.17. The van der Waals surface area contributed by atoms with Crippen LogP contribution in [0.1, 0.15) is 17.0 Å². The first kappa shape index (κ1) is 15.4. The Labute approximate surface area is 117 Å². The molecule has 9 heteroatoms. The van der Waals surface area contributed by atoms with Gasteiger partial charge in [-0.05, 0) is 18.6 Å². The van der Waals surface area contributed by atoms with E-state index < -0.39 is 12.1 Å². The predicted octanol–water partition coefficient (Wildman–Crippen LogP) is 1.10. The molecule has 0 bridgehead atoms. The lowest BCUT2D eigenvalue weighted by Gasteiger charge is -2.58. The molecular weight excluding hydrogens is 293 g/mol. The molecule has 0 radical (unpaired) electrons. The van der Waals surface area contributed by atoms with Crippen molar-refractivity contribution in [2.45, 2.75) is 18.1 Å². The molecule has 2 fully saturated rings. The normalized spacial score (nSPS) is 19.1. The van der Waals surface area contributed by atoms with Gasteiger partial charge in [-0.2, -0.15) is 13.2 Å². The second-order valence-corrected chi connectivity index (χ2v) is 4.81. The van der Waals surface area contributed by atoms with Gasteiger partial charge in [0.15, 0.2) is 5.76 Å². The van der Waals surface area contributed by atoms with Gasteiger partial charge < -0.3 is 19.7 Å². The molecule has 1 aromatic heterocycles. The first-order valence-corrected chi connectivity index (χ1v) is 6.13. The van der Waals surface area contributed by atoms with Crippen LogP contribution in [0.25, 0.3) is 0 Å². The molecule has 0 atom stereocenters. The zero-order valence-electron chi connectivity index (χ0n) is 10.8. The summed E-state index contributed by atoms with van der Waals surface area (Å²) in [6.45, 7) is 2.72. The highest BCUT2D eigenvalue weighted by Gasteiger charge is 2.52. The fraction of sp³-hybridized carbons (Fsp3) is 0.500. The molecule has 2 N–H and O–H groups in total. The molecule has 21 heavy (non-hydrogen) atoms. The molecule has 2 saturated heterocycles. The molecule has 116 valence electrons. The molecule has 2 aliphatic heterocycles. The van der Waals surface area contributed by atoms with Crippen molar-refractivity contribution in [3.63, 3.8) is 0 Å². The molecule has 1 amide bonds. The summed E-state index contributed by atoms with van der Waals surface area (Å²) in [6.07, 6.45) is -2.43. The predicted molar refractivity (Wildman–Crippen MR) is 63.7 cm³/mol. The van der Waals surface area contributed by atoms with Crippen LogP contribution in [-0.2, 0) is 4.79 Å². The van der Waals surface area contributed by atoms with Crippen LogP contribution in [0.4, 0.5) is 13.2 Å². The zero-order valence-corrected chi connectivity index (χ0v) is 10.8. The number of alkyl halides is 3. The summed E-state index contributed by atoms with van der Waals surface area (Å²) in [6, 6.07) is 3.47. The Morgan fingerprint density at radius 3 is 2.29 bits per heavy atom. The van der Waals surface area contributed by atoms with Crippen molar-refractivity contribution in [1.29, 1.82) is 0 Å². The number of carbonyl (C=O) groups is 2. The van der Waals surface area contributed by atoms with E-state index in [-0.39, 0.29) is 11.4 Å². The molecular formula is C12H13F3N2O4. The highest BCUT2D eigenvalue weighted by Crippen LogP contribution is 2.35. The van der Waals surface area contributed by atoms with Gasteiger partial charge in [0.1, 0.15) is 0 Å². The number of hydrogen-bond acceptors (Lipinski definition) is 4. The first-order chi connectivity index (χ1) is 9.76. The van der Waals surface area contributed by atoms with Crippen LogP contribution in [0.15, 0.2) is 22.8 Å². The summed E-state index contributed by atoms with van der Waals surface area (Å²) >= 11 is 0. The van der Waals surface area contributed by atoms with Crippen LogP contribution in [0.2, 0.25) is 0 Å².